The molecule has 0 aliphatic heterocycles. The summed E-state index contributed by atoms with van der Waals surface area (Å²) in [4.78, 5) is 0. The normalized spacial score (nSPS) is 9.63. The standard InChI is InChI=1S/C15H14.2C2H6/c1-13(15-10-6-3-7-11-15)12-14-8-4-2-5-9-14;2*1-2/h2-12H,1H3;2*1-2H3. The summed E-state index contributed by atoms with van der Waals surface area (Å²) in [5.41, 5.74) is 3.82. The number of benzene rings is 2. The number of hydrogen-bond donors (Lipinski definition) is 0. The van der Waals surface area contributed by atoms with Gasteiger partial charge in [-0.25, -0.2) is 0 Å². The van der Waals surface area contributed by atoms with Gasteiger partial charge in [0, 0.05) is 0 Å². The molecule has 102 valence electrons. The third-order valence-corrected chi connectivity index (χ3v) is 2.41. The van der Waals surface area contributed by atoms with Crippen molar-refractivity contribution in [2.24, 2.45) is 0 Å². The van der Waals surface area contributed by atoms with Crippen molar-refractivity contribution in [1.82, 2.24) is 0 Å². The minimum absolute atomic E-state index is 1.25. The van der Waals surface area contributed by atoms with Gasteiger partial charge in [0.25, 0.3) is 0 Å². The monoisotopic (exact) mass is 254 g/mol. The Kier molecular flexibility index (Phi) is 10.2. The van der Waals surface area contributed by atoms with E-state index in [1.165, 1.54) is 16.7 Å². The van der Waals surface area contributed by atoms with Gasteiger partial charge in [-0.3, -0.25) is 0 Å². The molecule has 0 aliphatic carbocycles. The maximum absolute atomic E-state index is 2.20. The van der Waals surface area contributed by atoms with E-state index in [4.69, 9.17) is 0 Å². The van der Waals surface area contributed by atoms with E-state index in [-0.39, 0.29) is 0 Å². The zero-order valence-electron chi connectivity index (χ0n) is 12.9. The molecule has 19 heavy (non-hydrogen) atoms. The third-order valence-electron chi connectivity index (χ3n) is 2.41. The molecule has 0 heterocycles. The molecule has 0 radical (unpaired) electrons. The fourth-order valence-electron chi connectivity index (χ4n) is 1.58. The summed E-state index contributed by atoms with van der Waals surface area (Å²) in [6.45, 7) is 10.1. The van der Waals surface area contributed by atoms with Gasteiger partial charge in [-0.15, -0.1) is 0 Å². The van der Waals surface area contributed by atoms with E-state index >= 15 is 0 Å². The maximum Gasteiger partial charge on any atom is -0.0227 e. The van der Waals surface area contributed by atoms with Crippen LogP contribution in [-0.4, -0.2) is 0 Å². The molecule has 0 atom stereocenters. The Morgan fingerprint density at radius 1 is 0.684 bits per heavy atom. The van der Waals surface area contributed by atoms with Gasteiger partial charge in [0.15, 0.2) is 0 Å². The highest BCUT2D eigenvalue weighted by Gasteiger charge is 1.93. The van der Waals surface area contributed by atoms with Crippen molar-refractivity contribution >= 4 is 11.6 Å². The van der Waals surface area contributed by atoms with Crippen LogP contribution in [0.4, 0.5) is 0 Å². The van der Waals surface area contributed by atoms with E-state index in [1.54, 1.807) is 0 Å². The zero-order chi connectivity index (χ0) is 14.5. The molecule has 2 rings (SSSR count). The quantitative estimate of drug-likeness (QED) is 0.552. The first kappa shape index (κ1) is 17.2. The molecule has 0 spiro atoms. The fraction of sp³-hybridized carbons (Fsp3) is 0.263. The second kappa shape index (κ2) is 11.3. The Bertz CT molecular complexity index is 438. The highest BCUT2D eigenvalue weighted by molar-refractivity contribution is 5.79. The first-order valence-corrected chi connectivity index (χ1v) is 7.15. The molecule has 0 heteroatoms. The van der Waals surface area contributed by atoms with Crippen molar-refractivity contribution in [3.63, 3.8) is 0 Å². The molecule has 2 aromatic carbocycles. The summed E-state index contributed by atoms with van der Waals surface area (Å²) in [5.74, 6) is 0. The van der Waals surface area contributed by atoms with E-state index in [1.807, 2.05) is 39.8 Å². The van der Waals surface area contributed by atoms with Crippen LogP contribution in [0.1, 0.15) is 45.7 Å². The van der Waals surface area contributed by atoms with Crippen LogP contribution in [0.25, 0.3) is 11.6 Å². The molecule has 0 bridgehead atoms. The van der Waals surface area contributed by atoms with Gasteiger partial charge in [-0.2, -0.15) is 0 Å². The number of hydrogen-bond acceptors (Lipinski definition) is 0. The topological polar surface area (TPSA) is 0 Å². The first-order chi connectivity index (χ1) is 9.36. The molecule has 0 saturated heterocycles. The molecule has 0 aliphatic rings. The lowest BCUT2D eigenvalue weighted by molar-refractivity contribution is 1.50. The predicted molar refractivity (Wildman–Crippen MR) is 89.1 cm³/mol. The zero-order valence-corrected chi connectivity index (χ0v) is 12.9. The lowest BCUT2D eigenvalue weighted by Gasteiger charge is -2.01. The van der Waals surface area contributed by atoms with Gasteiger partial charge in [0.05, 0.1) is 0 Å². The lowest BCUT2D eigenvalue weighted by atomic mass is 10.0. The average Bonchev–Trinajstić information content (AvgIpc) is 2.53. The van der Waals surface area contributed by atoms with Crippen molar-refractivity contribution in [1.29, 1.82) is 0 Å². The van der Waals surface area contributed by atoms with Crippen molar-refractivity contribution in [3.05, 3.63) is 71.8 Å². The average molecular weight is 254 g/mol. The lowest BCUT2D eigenvalue weighted by Crippen LogP contribution is -1.78. The smallest absolute Gasteiger partial charge is 0.0227 e. The molecule has 0 fully saturated rings. The molecule has 0 nitrogen and oxygen atoms in total. The van der Waals surface area contributed by atoms with Crippen LogP contribution >= 0.6 is 0 Å². The third kappa shape index (κ3) is 6.61. The Morgan fingerprint density at radius 2 is 1.11 bits per heavy atom. The van der Waals surface area contributed by atoms with Crippen molar-refractivity contribution in [2.45, 2.75) is 34.6 Å². The predicted octanol–water partition coefficient (Wildman–Crippen LogP) is 6.30. The first-order valence-electron chi connectivity index (χ1n) is 7.15. The van der Waals surface area contributed by atoms with Crippen molar-refractivity contribution < 1.29 is 0 Å². The molecule has 0 aromatic heterocycles. The second-order valence-electron chi connectivity index (χ2n) is 3.60. The molecular formula is C19H26. The van der Waals surface area contributed by atoms with E-state index in [0.717, 1.165) is 0 Å². The van der Waals surface area contributed by atoms with Gasteiger partial charge in [-0.05, 0) is 23.6 Å². The van der Waals surface area contributed by atoms with Crippen molar-refractivity contribution in [2.75, 3.05) is 0 Å². The molecule has 0 amide bonds. The Hall–Kier alpha value is -1.82. The van der Waals surface area contributed by atoms with Gasteiger partial charge in [0.2, 0.25) is 0 Å². The van der Waals surface area contributed by atoms with Crippen LogP contribution < -0.4 is 0 Å². The van der Waals surface area contributed by atoms with Crippen LogP contribution in [-0.2, 0) is 0 Å². The fourth-order valence-corrected chi connectivity index (χ4v) is 1.58. The SMILES string of the molecule is CC.CC.CC(=Cc1ccccc1)c1ccccc1. The molecule has 0 saturated carbocycles. The number of rotatable bonds is 2. The van der Waals surface area contributed by atoms with E-state index in [2.05, 4.69) is 61.5 Å². The second-order valence-corrected chi connectivity index (χ2v) is 3.60. The largest absolute Gasteiger partial charge is 0.0683 e. The Morgan fingerprint density at radius 3 is 1.58 bits per heavy atom. The molecule has 2 aromatic rings. The van der Waals surface area contributed by atoms with Gasteiger partial charge in [0.1, 0.15) is 0 Å². The van der Waals surface area contributed by atoms with E-state index in [0.29, 0.717) is 0 Å². The summed E-state index contributed by atoms with van der Waals surface area (Å²) in [6, 6.07) is 20.8. The van der Waals surface area contributed by atoms with Gasteiger partial charge >= 0.3 is 0 Å². The summed E-state index contributed by atoms with van der Waals surface area (Å²) < 4.78 is 0. The highest BCUT2D eigenvalue weighted by atomic mass is 14.0. The van der Waals surface area contributed by atoms with Crippen molar-refractivity contribution in [3.8, 4) is 0 Å². The van der Waals surface area contributed by atoms with Gasteiger partial charge < -0.3 is 0 Å². The minimum Gasteiger partial charge on any atom is -0.0683 e. The number of allylic oxidation sites excluding steroid dienone is 1. The van der Waals surface area contributed by atoms with Crippen LogP contribution in [0, 0.1) is 0 Å². The molecule has 0 N–H and O–H groups in total. The van der Waals surface area contributed by atoms with Crippen LogP contribution in [0.2, 0.25) is 0 Å². The molecular weight excluding hydrogens is 228 g/mol. The summed E-state index contributed by atoms with van der Waals surface area (Å²) in [5, 5.41) is 0. The van der Waals surface area contributed by atoms with Gasteiger partial charge in [-0.1, -0.05) is 94.4 Å². The summed E-state index contributed by atoms with van der Waals surface area (Å²) in [6.07, 6.45) is 2.20. The van der Waals surface area contributed by atoms with E-state index < -0.39 is 0 Å². The minimum atomic E-state index is 1.25. The highest BCUT2D eigenvalue weighted by Crippen LogP contribution is 2.16. The van der Waals surface area contributed by atoms with Crippen LogP contribution in [0.3, 0.4) is 0 Å². The Balaban J connectivity index is 0.000000741. The van der Waals surface area contributed by atoms with Crippen LogP contribution in [0.5, 0.6) is 0 Å². The maximum atomic E-state index is 2.20. The van der Waals surface area contributed by atoms with E-state index in [9.17, 15) is 0 Å². The summed E-state index contributed by atoms with van der Waals surface area (Å²) in [7, 11) is 0. The van der Waals surface area contributed by atoms with Crippen LogP contribution in [0.15, 0.2) is 60.7 Å². The molecule has 0 unspecified atom stereocenters. The summed E-state index contributed by atoms with van der Waals surface area (Å²) >= 11 is 0. The Labute approximate surface area is 118 Å².